The van der Waals surface area contributed by atoms with Gasteiger partial charge in [-0.1, -0.05) is 42.1 Å². The fraction of sp³-hybridized carbons (Fsp3) is 0.0588. The molecule has 0 radical (unpaired) electrons. The minimum Gasteiger partial charge on any atom is -0.328 e. The highest BCUT2D eigenvalue weighted by Gasteiger charge is 2.08. The van der Waals surface area contributed by atoms with Crippen molar-refractivity contribution < 1.29 is 4.79 Å². The molecule has 0 saturated carbocycles. The van der Waals surface area contributed by atoms with Gasteiger partial charge in [-0.2, -0.15) is 0 Å². The number of rotatable bonds is 5. The van der Waals surface area contributed by atoms with Crippen LogP contribution in [0.25, 0.3) is 0 Å². The van der Waals surface area contributed by atoms with Gasteiger partial charge in [0.25, 0.3) is 0 Å². The maximum atomic E-state index is 12.1. The third-order valence-electron chi connectivity index (χ3n) is 3.02. The Balaban J connectivity index is 1.72. The van der Waals surface area contributed by atoms with Crippen molar-refractivity contribution in [1.29, 1.82) is 0 Å². The summed E-state index contributed by atoms with van der Waals surface area (Å²) in [7, 11) is 0. The van der Waals surface area contributed by atoms with Gasteiger partial charge in [0.15, 0.2) is 0 Å². The Morgan fingerprint density at radius 1 is 1.09 bits per heavy atom. The molecule has 0 atom stereocenters. The predicted molar refractivity (Wildman–Crippen MR) is 87.9 cm³/mol. The quantitative estimate of drug-likeness (QED) is 0.782. The van der Waals surface area contributed by atoms with Crippen LogP contribution in [-0.2, 0) is 11.3 Å². The summed E-state index contributed by atoms with van der Waals surface area (Å²) in [6.07, 6.45) is 5.06. The highest BCUT2D eigenvalue weighted by molar-refractivity contribution is 7.99. The van der Waals surface area contributed by atoms with Crippen LogP contribution in [0.1, 0.15) is 0 Å². The van der Waals surface area contributed by atoms with Crippen LogP contribution in [0.3, 0.4) is 0 Å². The van der Waals surface area contributed by atoms with E-state index in [9.17, 15) is 4.79 Å². The number of nitrogens with one attached hydrogen (secondary N) is 1. The van der Waals surface area contributed by atoms with Gasteiger partial charge in [-0.15, -0.1) is 0 Å². The molecule has 110 valence electrons. The van der Waals surface area contributed by atoms with Gasteiger partial charge in [0.2, 0.25) is 5.91 Å². The molecule has 0 saturated heterocycles. The average molecular weight is 309 g/mol. The number of amides is 1. The van der Waals surface area contributed by atoms with Crippen molar-refractivity contribution in [2.45, 2.75) is 16.3 Å². The molecule has 22 heavy (non-hydrogen) atoms. The van der Waals surface area contributed by atoms with Crippen molar-refractivity contribution in [1.82, 2.24) is 9.55 Å². The molecular weight excluding hydrogens is 294 g/mol. The largest absolute Gasteiger partial charge is 0.328 e. The number of imidazole rings is 1. The topological polar surface area (TPSA) is 46.9 Å². The van der Waals surface area contributed by atoms with Gasteiger partial charge in [-0.05, 0) is 24.3 Å². The summed E-state index contributed by atoms with van der Waals surface area (Å²) >= 11 is 1.63. The molecule has 0 bridgehead atoms. The molecule has 5 heteroatoms. The Bertz CT molecular complexity index is 742. The van der Waals surface area contributed by atoms with Gasteiger partial charge in [0.05, 0.1) is 12.0 Å². The van der Waals surface area contributed by atoms with E-state index in [0.29, 0.717) is 0 Å². The third-order valence-corrected chi connectivity index (χ3v) is 4.10. The fourth-order valence-corrected chi connectivity index (χ4v) is 2.93. The molecule has 2 aromatic carbocycles. The maximum Gasteiger partial charge on any atom is 0.244 e. The second kappa shape index (κ2) is 6.95. The molecule has 3 aromatic rings. The van der Waals surface area contributed by atoms with E-state index in [2.05, 4.69) is 22.4 Å². The van der Waals surface area contributed by atoms with Crippen molar-refractivity contribution >= 4 is 23.4 Å². The summed E-state index contributed by atoms with van der Waals surface area (Å²) in [5.41, 5.74) is 0.821. The zero-order valence-corrected chi connectivity index (χ0v) is 12.7. The van der Waals surface area contributed by atoms with Gasteiger partial charge >= 0.3 is 0 Å². The van der Waals surface area contributed by atoms with Gasteiger partial charge in [-0.3, -0.25) is 4.79 Å². The molecule has 1 heterocycles. The number of benzene rings is 2. The molecule has 0 unspecified atom stereocenters. The molecule has 4 nitrogen and oxygen atoms in total. The predicted octanol–water partition coefficient (Wildman–Crippen LogP) is 3.67. The average Bonchev–Trinajstić information content (AvgIpc) is 3.03. The van der Waals surface area contributed by atoms with Crippen LogP contribution < -0.4 is 5.32 Å². The summed E-state index contributed by atoms with van der Waals surface area (Å²) in [6.45, 7) is 0.254. The van der Waals surface area contributed by atoms with Crippen LogP contribution in [0.2, 0.25) is 0 Å². The van der Waals surface area contributed by atoms with Crippen molar-refractivity contribution in [2.24, 2.45) is 0 Å². The molecule has 0 fully saturated rings. The summed E-state index contributed by atoms with van der Waals surface area (Å²) in [5, 5.41) is 2.96. The van der Waals surface area contributed by atoms with Gasteiger partial charge in [-0.25, -0.2) is 4.98 Å². The maximum absolute atomic E-state index is 12.1. The molecule has 0 spiro atoms. The van der Waals surface area contributed by atoms with Crippen molar-refractivity contribution in [3.05, 3.63) is 73.3 Å². The van der Waals surface area contributed by atoms with Crippen LogP contribution >= 0.6 is 11.8 Å². The number of hydrogen-bond donors (Lipinski definition) is 1. The molecular formula is C17H15N3OS. The Morgan fingerprint density at radius 2 is 1.86 bits per heavy atom. The van der Waals surface area contributed by atoms with Crippen molar-refractivity contribution in [2.75, 3.05) is 5.32 Å². The number of hydrogen-bond acceptors (Lipinski definition) is 3. The zero-order valence-electron chi connectivity index (χ0n) is 11.8. The lowest BCUT2D eigenvalue weighted by atomic mass is 10.3. The highest BCUT2D eigenvalue weighted by Crippen LogP contribution is 2.33. The monoisotopic (exact) mass is 309 g/mol. The van der Waals surface area contributed by atoms with E-state index in [-0.39, 0.29) is 12.5 Å². The Labute approximate surface area is 133 Å². The first-order chi connectivity index (χ1) is 10.8. The van der Waals surface area contributed by atoms with E-state index in [1.54, 1.807) is 35.0 Å². The zero-order chi connectivity index (χ0) is 15.2. The van der Waals surface area contributed by atoms with E-state index >= 15 is 0 Å². The van der Waals surface area contributed by atoms with E-state index in [1.165, 1.54) is 0 Å². The standard InChI is InChI=1S/C17H15N3OS/c21-17(12-20-11-10-18-13-20)19-15-8-4-5-9-16(15)22-14-6-2-1-3-7-14/h1-11,13H,12H2,(H,19,21). The highest BCUT2D eigenvalue weighted by atomic mass is 32.2. The first kappa shape index (κ1) is 14.4. The molecule has 0 aliphatic heterocycles. The molecule has 1 amide bonds. The molecule has 1 N–H and O–H groups in total. The molecule has 0 aliphatic rings. The van der Waals surface area contributed by atoms with E-state index in [4.69, 9.17) is 0 Å². The number of para-hydroxylation sites is 1. The smallest absolute Gasteiger partial charge is 0.244 e. The normalized spacial score (nSPS) is 10.4. The fourth-order valence-electron chi connectivity index (χ4n) is 2.01. The molecule has 1 aromatic heterocycles. The minimum absolute atomic E-state index is 0.0703. The van der Waals surface area contributed by atoms with Crippen molar-refractivity contribution in [3.8, 4) is 0 Å². The second-order valence-corrected chi connectivity index (χ2v) is 5.81. The Kier molecular flexibility index (Phi) is 4.56. The summed E-state index contributed by atoms with van der Waals surface area (Å²) < 4.78 is 1.74. The SMILES string of the molecule is O=C(Cn1ccnc1)Nc1ccccc1Sc1ccccc1. The summed E-state index contributed by atoms with van der Waals surface area (Å²) in [4.78, 5) is 18.2. The van der Waals surface area contributed by atoms with Crippen LogP contribution in [0.5, 0.6) is 0 Å². The van der Waals surface area contributed by atoms with Crippen LogP contribution in [-0.4, -0.2) is 15.5 Å². The lowest BCUT2D eigenvalue weighted by molar-refractivity contribution is -0.116. The number of nitrogens with zero attached hydrogens (tertiary/aromatic N) is 2. The molecule has 3 rings (SSSR count). The van der Waals surface area contributed by atoms with E-state index in [1.807, 2.05) is 42.5 Å². The van der Waals surface area contributed by atoms with E-state index in [0.717, 1.165) is 15.5 Å². The van der Waals surface area contributed by atoms with Crippen molar-refractivity contribution in [3.63, 3.8) is 0 Å². The number of anilines is 1. The number of aromatic nitrogens is 2. The second-order valence-electron chi connectivity index (χ2n) is 4.69. The molecule has 0 aliphatic carbocycles. The van der Waals surface area contributed by atoms with Crippen LogP contribution in [0.15, 0.2) is 83.1 Å². The summed E-state index contributed by atoms with van der Waals surface area (Å²) in [5.74, 6) is -0.0703. The minimum atomic E-state index is -0.0703. The first-order valence-corrected chi connectivity index (χ1v) is 7.70. The Morgan fingerprint density at radius 3 is 2.64 bits per heavy atom. The number of carbonyl (C=O) groups is 1. The lowest BCUT2D eigenvalue weighted by Crippen LogP contribution is -2.18. The number of carbonyl (C=O) groups excluding carboxylic acids is 1. The lowest BCUT2D eigenvalue weighted by Gasteiger charge is -2.11. The van der Waals surface area contributed by atoms with Gasteiger partial charge in [0, 0.05) is 22.2 Å². The third kappa shape index (κ3) is 3.77. The first-order valence-electron chi connectivity index (χ1n) is 6.89. The summed E-state index contributed by atoms with van der Waals surface area (Å²) in [6, 6.07) is 17.9. The Hall–Kier alpha value is -2.53. The van der Waals surface area contributed by atoms with E-state index < -0.39 is 0 Å². The van der Waals surface area contributed by atoms with Gasteiger partial charge in [0.1, 0.15) is 6.54 Å². The van der Waals surface area contributed by atoms with Gasteiger partial charge < -0.3 is 9.88 Å². The van der Waals surface area contributed by atoms with Crippen LogP contribution in [0.4, 0.5) is 5.69 Å². The van der Waals surface area contributed by atoms with Crippen LogP contribution in [0, 0.1) is 0 Å².